The van der Waals surface area contributed by atoms with Crippen molar-refractivity contribution in [2.24, 2.45) is 7.05 Å². The summed E-state index contributed by atoms with van der Waals surface area (Å²) in [5.74, 6) is -0.206. The first-order valence-electron chi connectivity index (χ1n) is 4.59. The monoisotopic (exact) mass is 210 g/mol. The first-order chi connectivity index (χ1) is 7.15. The summed E-state index contributed by atoms with van der Waals surface area (Å²) in [6, 6.07) is 2.87. The van der Waals surface area contributed by atoms with Crippen LogP contribution >= 0.6 is 0 Å². The highest BCUT2D eigenvalue weighted by molar-refractivity contribution is 5.93. The molecular formula is C10H14N2O3. The van der Waals surface area contributed by atoms with Gasteiger partial charge in [0.15, 0.2) is 0 Å². The van der Waals surface area contributed by atoms with Gasteiger partial charge in [0.05, 0.1) is 12.2 Å². The van der Waals surface area contributed by atoms with Crippen LogP contribution < -0.4 is 10.9 Å². The van der Waals surface area contributed by atoms with Crippen LogP contribution in [-0.2, 0) is 11.8 Å². The van der Waals surface area contributed by atoms with Crippen LogP contribution in [0.1, 0.15) is 10.4 Å². The molecule has 15 heavy (non-hydrogen) atoms. The minimum absolute atomic E-state index is 0.136. The van der Waals surface area contributed by atoms with Crippen molar-refractivity contribution in [3.05, 3.63) is 34.2 Å². The average Bonchev–Trinajstić information content (AvgIpc) is 2.22. The van der Waals surface area contributed by atoms with Crippen molar-refractivity contribution < 1.29 is 9.53 Å². The third kappa shape index (κ3) is 3.21. The quantitative estimate of drug-likeness (QED) is 0.698. The molecule has 0 aliphatic rings. The van der Waals surface area contributed by atoms with Crippen LogP contribution in [0.5, 0.6) is 0 Å². The van der Waals surface area contributed by atoms with E-state index in [4.69, 9.17) is 4.74 Å². The Morgan fingerprint density at radius 3 is 2.87 bits per heavy atom. The number of methoxy groups -OCH3 is 1. The van der Waals surface area contributed by atoms with Crippen LogP contribution in [-0.4, -0.2) is 30.7 Å². The highest BCUT2D eigenvalue weighted by Crippen LogP contribution is 1.94. The number of aromatic nitrogens is 1. The topological polar surface area (TPSA) is 60.3 Å². The number of carbonyl (C=O) groups excluding carboxylic acids is 1. The van der Waals surface area contributed by atoms with E-state index in [1.54, 1.807) is 14.2 Å². The zero-order chi connectivity index (χ0) is 11.3. The number of ether oxygens (including phenoxy) is 1. The highest BCUT2D eigenvalue weighted by atomic mass is 16.5. The first kappa shape index (κ1) is 11.5. The molecule has 5 heteroatoms. The Kier molecular flexibility index (Phi) is 4.05. The van der Waals surface area contributed by atoms with Gasteiger partial charge in [0.2, 0.25) is 5.56 Å². The second kappa shape index (κ2) is 5.31. The number of rotatable bonds is 4. The van der Waals surface area contributed by atoms with Crippen LogP contribution in [0.2, 0.25) is 0 Å². The zero-order valence-electron chi connectivity index (χ0n) is 8.82. The molecule has 0 bridgehead atoms. The second-order valence-corrected chi connectivity index (χ2v) is 3.12. The van der Waals surface area contributed by atoms with Gasteiger partial charge in [0.1, 0.15) is 0 Å². The fourth-order valence-electron chi connectivity index (χ4n) is 1.10. The van der Waals surface area contributed by atoms with E-state index in [0.717, 1.165) is 0 Å². The summed E-state index contributed by atoms with van der Waals surface area (Å²) in [5, 5.41) is 2.67. The largest absolute Gasteiger partial charge is 0.383 e. The predicted octanol–water partition coefficient (Wildman–Crippen LogP) is -0.238. The number of hydrogen-bond donors (Lipinski definition) is 1. The zero-order valence-corrected chi connectivity index (χ0v) is 8.82. The number of nitrogens with zero attached hydrogens (tertiary/aromatic N) is 1. The predicted molar refractivity (Wildman–Crippen MR) is 55.9 cm³/mol. The molecular weight excluding hydrogens is 196 g/mol. The Balaban J connectivity index is 2.66. The van der Waals surface area contributed by atoms with Gasteiger partial charge in [-0.1, -0.05) is 0 Å². The van der Waals surface area contributed by atoms with Gasteiger partial charge in [-0.2, -0.15) is 0 Å². The van der Waals surface area contributed by atoms with Gasteiger partial charge in [-0.25, -0.2) is 0 Å². The normalized spacial score (nSPS) is 10.0. The summed E-state index contributed by atoms with van der Waals surface area (Å²) in [6.07, 6.45) is 1.50. The summed E-state index contributed by atoms with van der Waals surface area (Å²) in [6.45, 7) is 0.926. The molecule has 0 saturated carbocycles. The molecule has 0 aromatic carbocycles. The van der Waals surface area contributed by atoms with Gasteiger partial charge in [-0.3, -0.25) is 9.59 Å². The lowest BCUT2D eigenvalue weighted by molar-refractivity contribution is 0.0936. The molecule has 0 radical (unpaired) electrons. The Bertz CT molecular complexity index is 398. The third-order valence-corrected chi connectivity index (χ3v) is 1.94. The Morgan fingerprint density at radius 2 is 2.27 bits per heavy atom. The lowest BCUT2D eigenvalue weighted by Crippen LogP contribution is -2.28. The van der Waals surface area contributed by atoms with Crippen LogP contribution in [0.15, 0.2) is 23.1 Å². The molecule has 0 aliphatic heterocycles. The van der Waals surface area contributed by atoms with E-state index in [1.807, 2.05) is 0 Å². The number of amides is 1. The van der Waals surface area contributed by atoms with E-state index in [9.17, 15) is 9.59 Å². The van der Waals surface area contributed by atoms with Gasteiger partial charge >= 0.3 is 0 Å². The summed E-state index contributed by atoms with van der Waals surface area (Å²) in [7, 11) is 3.17. The Labute approximate surface area is 87.7 Å². The lowest BCUT2D eigenvalue weighted by Gasteiger charge is -2.05. The lowest BCUT2D eigenvalue weighted by atomic mass is 10.2. The van der Waals surface area contributed by atoms with Gasteiger partial charge in [-0.05, 0) is 6.07 Å². The minimum Gasteiger partial charge on any atom is -0.383 e. The second-order valence-electron chi connectivity index (χ2n) is 3.12. The number of hydrogen-bond acceptors (Lipinski definition) is 3. The molecule has 1 aromatic rings. The molecule has 0 fully saturated rings. The van der Waals surface area contributed by atoms with Crippen molar-refractivity contribution in [3.63, 3.8) is 0 Å². The smallest absolute Gasteiger partial charge is 0.252 e. The van der Waals surface area contributed by atoms with Crippen molar-refractivity contribution in [1.29, 1.82) is 0 Å². The van der Waals surface area contributed by atoms with E-state index in [0.29, 0.717) is 18.7 Å². The molecule has 0 aliphatic carbocycles. The molecule has 0 spiro atoms. The van der Waals surface area contributed by atoms with Crippen LogP contribution in [0, 0.1) is 0 Å². The number of carbonyl (C=O) groups is 1. The summed E-state index contributed by atoms with van der Waals surface area (Å²) < 4.78 is 6.17. The molecule has 5 nitrogen and oxygen atoms in total. The maximum Gasteiger partial charge on any atom is 0.252 e. The Hall–Kier alpha value is -1.62. The fourth-order valence-corrected chi connectivity index (χ4v) is 1.10. The molecule has 0 saturated heterocycles. The van der Waals surface area contributed by atoms with Crippen molar-refractivity contribution in [1.82, 2.24) is 9.88 Å². The van der Waals surface area contributed by atoms with Crippen molar-refractivity contribution in [2.75, 3.05) is 20.3 Å². The van der Waals surface area contributed by atoms with E-state index in [2.05, 4.69) is 5.32 Å². The number of aryl methyl sites for hydroxylation is 1. The van der Waals surface area contributed by atoms with Crippen LogP contribution in [0.4, 0.5) is 0 Å². The Morgan fingerprint density at radius 1 is 1.53 bits per heavy atom. The molecule has 0 unspecified atom stereocenters. The van der Waals surface area contributed by atoms with Gasteiger partial charge in [0, 0.05) is 33.0 Å². The first-order valence-corrected chi connectivity index (χ1v) is 4.59. The minimum atomic E-state index is -0.206. The van der Waals surface area contributed by atoms with Crippen LogP contribution in [0.3, 0.4) is 0 Å². The SMILES string of the molecule is COCCNC(=O)c1ccc(=O)n(C)c1. The molecule has 1 aromatic heterocycles. The van der Waals surface area contributed by atoms with Crippen LogP contribution in [0.25, 0.3) is 0 Å². The van der Waals surface area contributed by atoms with E-state index < -0.39 is 0 Å². The van der Waals surface area contributed by atoms with E-state index in [-0.39, 0.29) is 11.5 Å². The molecule has 1 N–H and O–H groups in total. The van der Waals surface area contributed by atoms with Crippen molar-refractivity contribution in [2.45, 2.75) is 0 Å². The van der Waals surface area contributed by atoms with Gasteiger partial charge in [-0.15, -0.1) is 0 Å². The third-order valence-electron chi connectivity index (χ3n) is 1.94. The molecule has 1 amide bonds. The van der Waals surface area contributed by atoms with Gasteiger partial charge in [0.25, 0.3) is 5.91 Å². The van der Waals surface area contributed by atoms with Crippen molar-refractivity contribution in [3.8, 4) is 0 Å². The van der Waals surface area contributed by atoms with Gasteiger partial charge < -0.3 is 14.6 Å². The standard InChI is InChI=1S/C10H14N2O3/c1-12-7-8(3-4-9(12)13)10(14)11-5-6-15-2/h3-4,7H,5-6H2,1-2H3,(H,11,14). The molecule has 82 valence electrons. The summed E-state index contributed by atoms with van der Waals surface area (Å²) >= 11 is 0. The molecule has 1 rings (SSSR count). The van der Waals surface area contributed by atoms with E-state index >= 15 is 0 Å². The highest BCUT2D eigenvalue weighted by Gasteiger charge is 2.04. The maximum atomic E-state index is 11.5. The maximum absolute atomic E-state index is 11.5. The number of nitrogens with one attached hydrogen (secondary N) is 1. The average molecular weight is 210 g/mol. The van der Waals surface area contributed by atoms with E-state index in [1.165, 1.54) is 22.9 Å². The molecule has 1 heterocycles. The molecule has 0 atom stereocenters. The number of pyridine rings is 1. The summed E-state index contributed by atoms with van der Waals surface area (Å²) in [4.78, 5) is 22.6. The van der Waals surface area contributed by atoms with Crippen molar-refractivity contribution >= 4 is 5.91 Å². The summed E-state index contributed by atoms with van der Waals surface area (Å²) in [5.41, 5.74) is 0.330. The fraction of sp³-hybridized carbons (Fsp3) is 0.400.